The molecule has 2 aliphatic rings. The van der Waals surface area contributed by atoms with Crippen LogP contribution in [-0.4, -0.2) is 59.8 Å². The normalized spacial score (nSPS) is 35.5. The third-order valence-corrected chi connectivity index (χ3v) is 5.35. The van der Waals surface area contributed by atoms with E-state index in [1.807, 2.05) is 0 Å². The van der Waals surface area contributed by atoms with Gasteiger partial charge in [-0.25, -0.2) is 0 Å². The van der Waals surface area contributed by atoms with Crippen molar-refractivity contribution in [3.05, 3.63) is 0 Å². The second kappa shape index (κ2) is 6.33. The molecule has 0 aliphatic carbocycles. The number of rotatable bonds is 5. The van der Waals surface area contributed by atoms with Gasteiger partial charge in [0, 0.05) is 6.92 Å². The van der Waals surface area contributed by atoms with E-state index in [4.69, 9.17) is 18.3 Å². The van der Waals surface area contributed by atoms with E-state index in [0.717, 1.165) is 0 Å². The topological polar surface area (TPSA) is 66.0 Å². The Morgan fingerprint density at radius 2 is 1.68 bits per heavy atom. The van der Waals surface area contributed by atoms with Crippen LogP contribution in [0.25, 0.3) is 0 Å². The lowest BCUT2D eigenvalue weighted by Gasteiger charge is -2.43. The molecule has 2 fully saturated rings. The summed E-state index contributed by atoms with van der Waals surface area (Å²) in [6, 6.07) is -0.329. The first-order chi connectivity index (χ1) is 9.96. The van der Waals surface area contributed by atoms with Crippen molar-refractivity contribution in [1.29, 1.82) is 0 Å². The summed E-state index contributed by atoms with van der Waals surface area (Å²) < 4.78 is 24.4. The van der Waals surface area contributed by atoms with E-state index in [0.29, 0.717) is 6.61 Å². The molecule has 0 radical (unpaired) electrons. The number of fused-ring (bicyclic) bond motifs is 2. The maximum atomic E-state index is 11.6. The van der Waals surface area contributed by atoms with E-state index < -0.39 is 22.9 Å². The molecule has 0 unspecified atom stereocenters. The van der Waals surface area contributed by atoms with Crippen molar-refractivity contribution in [2.45, 2.75) is 76.8 Å². The first-order valence-electron chi connectivity index (χ1n) is 7.86. The number of carbonyl (C=O) groups excluding carboxylic acids is 1. The van der Waals surface area contributed by atoms with Gasteiger partial charge in [-0.15, -0.1) is 0 Å². The predicted molar refractivity (Wildman–Crippen MR) is 88.7 cm³/mol. The number of hydrogen-bond donors (Lipinski definition) is 1. The third-order valence-electron chi connectivity index (χ3n) is 3.43. The fraction of sp³-hybridized carbons (Fsp3) is 0.929. The summed E-state index contributed by atoms with van der Waals surface area (Å²) >= 11 is 0. The van der Waals surface area contributed by atoms with Crippen molar-refractivity contribution in [2.24, 2.45) is 0 Å². The zero-order valence-electron chi connectivity index (χ0n) is 14.6. The molecule has 0 aromatic carbocycles. The summed E-state index contributed by atoms with van der Waals surface area (Å²) in [6.07, 6.45) is -0.932. The van der Waals surface area contributed by atoms with Crippen LogP contribution < -0.4 is 5.32 Å². The molecule has 0 spiro atoms. The zero-order valence-corrected chi connectivity index (χ0v) is 16.6. The Hall–Kier alpha value is -0.256. The first kappa shape index (κ1) is 18.1. The molecule has 2 rings (SSSR count). The van der Waals surface area contributed by atoms with Crippen molar-refractivity contribution in [3.63, 3.8) is 0 Å². The van der Waals surface area contributed by atoms with Crippen molar-refractivity contribution in [3.8, 4) is 0 Å². The van der Waals surface area contributed by atoms with Gasteiger partial charge in [-0.2, -0.15) is 0 Å². The fourth-order valence-electron chi connectivity index (χ4n) is 2.83. The first-order valence-corrected chi connectivity index (χ1v) is 14.7. The van der Waals surface area contributed by atoms with Crippen LogP contribution in [0.4, 0.5) is 0 Å². The molecule has 0 aromatic heterocycles. The lowest BCUT2D eigenvalue weighted by molar-refractivity contribution is -0.193. The van der Waals surface area contributed by atoms with E-state index in [1.54, 1.807) is 0 Å². The zero-order chi connectivity index (χ0) is 16.7. The van der Waals surface area contributed by atoms with E-state index in [-0.39, 0.29) is 30.3 Å². The molecular formula is C14H29NO5Si2. The quantitative estimate of drug-likeness (QED) is 0.767. The van der Waals surface area contributed by atoms with Gasteiger partial charge in [0.25, 0.3) is 0 Å². The van der Waals surface area contributed by atoms with Gasteiger partial charge in [0.15, 0.2) is 22.9 Å². The summed E-state index contributed by atoms with van der Waals surface area (Å²) in [6.45, 7) is 14.7. The van der Waals surface area contributed by atoms with Gasteiger partial charge < -0.3 is 23.6 Å². The summed E-state index contributed by atoms with van der Waals surface area (Å²) in [5, 5.41) is 2.94. The summed E-state index contributed by atoms with van der Waals surface area (Å²) in [5.74, 6) is -0.113. The maximum absolute atomic E-state index is 11.6. The van der Waals surface area contributed by atoms with Crippen LogP contribution in [0, 0.1) is 0 Å². The maximum Gasteiger partial charge on any atom is 0.217 e. The van der Waals surface area contributed by atoms with Crippen molar-refractivity contribution >= 4 is 22.5 Å². The van der Waals surface area contributed by atoms with Crippen LogP contribution in [0.1, 0.15) is 6.92 Å². The lowest BCUT2D eigenvalue weighted by Crippen LogP contribution is -2.63. The molecule has 128 valence electrons. The standard InChI is InChI=1S/C14H29NO5Si2/c1-9(16)15-11-13-12(19-21(2,3)4)10(8-17-13)18-14(11)20-22(5,6)7/h10-14H,8H2,1-7H3,(H,15,16)/t10-,11-,12-,13-,14-/m1/s1. The van der Waals surface area contributed by atoms with Crippen LogP contribution in [-0.2, 0) is 23.1 Å². The minimum Gasteiger partial charge on any atom is -0.409 e. The number of ether oxygens (including phenoxy) is 2. The monoisotopic (exact) mass is 347 g/mol. The van der Waals surface area contributed by atoms with Gasteiger partial charge >= 0.3 is 0 Å². The number of carbonyl (C=O) groups is 1. The van der Waals surface area contributed by atoms with Crippen LogP contribution in [0.15, 0.2) is 0 Å². The highest BCUT2D eigenvalue weighted by atomic mass is 28.4. The van der Waals surface area contributed by atoms with Gasteiger partial charge in [0.05, 0.1) is 6.61 Å². The Morgan fingerprint density at radius 1 is 1.09 bits per heavy atom. The SMILES string of the molecule is CC(=O)N[C@H]1[C@@H](O[Si](C)(C)C)O[C@@H]2CO[C@H]1[C@@H]2O[Si](C)(C)C. The smallest absolute Gasteiger partial charge is 0.217 e. The van der Waals surface area contributed by atoms with E-state index in [9.17, 15) is 4.79 Å². The minimum absolute atomic E-state index is 0.113. The van der Waals surface area contributed by atoms with E-state index >= 15 is 0 Å². The number of hydrogen-bond acceptors (Lipinski definition) is 5. The Morgan fingerprint density at radius 3 is 2.18 bits per heavy atom. The Bertz CT molecular complexity index is 420. The van der Waals surface area contributed by atoms with Gasteiger partial charge in [-0.3, -0.25) is 4.79 Å². The highest BCUT2D eigenvalue weighted by molar-refractivity contribution is 6.70. The van der Waals surface area contributed by atoms with Gasteiger partial charge in [0.1, 0.15) is 24.4 Å². The molecule has 1 amide bonds. The summed E-state index contributed by atoms with van der Waals surface area (Å²) in [4.78, 5) is 11.6. The molecule has 2 saturated heterocycles. The molecule has 6 nitrogen and oxygen atoms in total. The molecule has 1 N–H and O–H groups in total. The van der Waals surface area contributed by atoms with Crippen molar-refractivity contribution < 1.29 is 23.1 Å². The second-order valence-electron chi connectivity index (χ2n) is 7.99. The fourth-order valence-corrected chi connectivity index (χ4v) is 4.83. The molecule has 5 atom stereocenters. The molecule has 22 heavy (non-hydrogen) atoms. The van der Waals surface area contributed by atoms with Crippen LogP contribution in [0.3, 0.4) is 0 Å². The van der Waals surface area contributed by atoms with Crippen LogP contribution in [0.5, 0.6) is 0 Å². The summed E-state index contributed by atoms with van der Waals surface area (Å²) in [7, 11) is -3.53. The van der Waals surface area contributed by atoms with Gasteiger partial charge in [-0.1, -0.05) is 0 Å². The van der Waals surface area contributed by atoms with E-state index in [1.165, 1.54) is 6.92 Å². The van der Waals surface area contributed by atoms with Crippen molar-refractivity contribution in [1.82, 2.24) is 5.32 Å². The highest BCUT2D eigenvalue weighted by Crippen LogP contribution is 2.35. The van der Waals surface area contributed by atoms with Gasteiger partial charge in [0.2, 0.25) is 5.91 Å². The molecular weight excluding hydrogens is 318 g/mol. The number of nitrogens with one attached hydrogen (secondary N) is 1. The average molecular weight is 348 g/mol. The molecule has 8 heteroatoms. The average Bonchev–Trinajstić information content (AvgIpc) is 2.54. The van der Waals surface area contributed by atoms with Crippen LogP contribution in [0.2, 0.25) is 39.3 Å². The lowest BCUT2D eigenvalue weighted by atomic mass is 10.00. The molecule has 2 aliphatic heterocycles. The predicted octanol–water partition coefficient (Wildman–Crippen LogP) is 1.69. The molecule has 0 aromatic rings. The van der Waals surface area contributed by atoms with Crippen LogP contribution >= 0.6 is 0 Å². The largest absolute Gasteiger partial charge is 0.409 e. The Labute approximate surface area is 135 Å². The van der Waals surface area contributed by atoms with E-state index in [2.05, 4.69) is 44.6 Å². The highest BCUT2D eigenvalue weighted by Gasteiger charge is 2.54. The third kappa shape index (κ3) is 4.62. The minimum atomic E-state index is -1.80. The Kier molecular flexibility index (Phi) is 5.20. The number of amides is 1. The second-order valence-corrected chi connectivity index (χ2v) is 16.9. The molecule has 2 heterocycles. The van der Waals surface area contributed by atoms with Gasteiger partial charge in [-0.05, 0) is 39.3 Å². The molecule has 0 saturated carbocycles. The van der Waals surface area contributed by atoms with Crippen molar-refractivity contribution in [2.75, 3.05) is 6.61 Å². The summed E-state index contributed by atoms with van der Waals surface area (Å²) in [5.41, 5.74) is 0. The Balaban J connectivity index is 2.19. The molecule has 2 bridgehead atoms.